The topological polar surface area (TPSA) is 94.7 Å². The molecule has 2 atom stereocenters. The fourth-order valence-electron chi connectivity index (χ4n) is 3.98. The summed E-state index contributed by atoms with van der Waals surface area (Å²) in [6.45, 7) is 5.98. The van der Waals surface area contributed by atoms with E-state index < -0.39 is 0 Å². The molecule has 1 aliphatic heterocycles. The van der Waals surface area contributed by atoms with Crippen LogP contribution in [0.2, 0.25) is 0 Å². The maximum absolute atomic E-state index is 5.57. The van der Waals surface area contributed by atoms with Gasteiger partial charge in [-0.2, -0.15) is 5.10 Å². The van der Waals surface area contributed by atoms with Crippen molar-refractivity contribution in [2.75, 3.05) is 25.5 Å². The number of methoxy groups -OCH3 is 1. The smallest absolute Gasteiger partial charge is 0.199 e. The summed E-state index contributed by atoms with van der Waals surface area (Å²) in [6.07, 6.45) is 6.80. The maximum Gasteiger partial charge on any atom is 0.199 e. The van der Waals surface area contributed by atoms with Crippen molar-refractivity contribution in [3.63, 3.8) is 0 Å². The van der Waals surface area contributed by atoms with E-state index in [4.69, 9.17) is 19.8 Å². The van der Waals surface area contributed by atoms with Crippen LogP contribution in [0.1, 0.15) is 26.3 Å². The van der Waals surface area contributed by atoms with E-state index in [1.54, 1.807) is 24.6 Å². The highest BCUT2D eigenvalue weighted by Gasteiger charge is 2.24. The van der Waals surface area contributed by atoms with Crippen molar-refractivity contribution in [3.8, 4) is 22.2 Å². The molecule has 0 radical (unpaired) electrons. The van der Waals surface area contributed by atoms with E-state index in [9.17, 15) is 0 Å². The van der Waals surface area contributed by atoms with Crippen LogP contribution in [0, 0.1) is 0 Å². The quantitative estimate of drug-likeness (QED) is 0.463. The lowest BCUT2D eigenvalue weighted by Gasteiger charge is -2.30. The molecular weight excluding hydrogens is 424 g/mol. The second-order valence-electron chi connectivity index (χ2n) is 8.45. The molecule has 0 unspecified atom stereocenters. The summed E-state index contributed by atoms with van der Waals surface area (Å²) < 4.78 is 9.48. The molecule has 5 rings (SSSR count). The van der Waals surface area contributed by atoms with Gasteiger partial charge >= 0.3 is 0 Å². The largest absolute Gasteiger partial charge is 0.380 e. The number of fused-ring (bicyclic) bond motifs is 1. The number of aromatic nitrogens is 6. The summed E-state index contributed by atoms with van der Waals surface area (Å²) in [6, 6.07) is 4.73. The van der Waals surface area contributed by atoms with Crippen LogP contribution in [-0.2, 0) is 11.8 Å². The van der Waals surface area contributed by atoms with Gasteiger partial charge in [0.25, 0.3) is 0 Å². The van der Waals surface area contributed by atoms with Crippen molar-refractivity contribution in [1.82, 2.24) is 34.6 Å². The molecule has 0 amide bonds. The van der Waals surface area contributed by atoms with Crippen molar-refractivity contribution in [2.24, 2.45) is 7.05 Å². The minimum Gasteiger partial charge on any atom is -0.380 e. The molecule has 168 valence electrons. The fraction of sp³-hybridized carbons (Fsp3) is 0.455. The monoisotopic (exact) mass is 452 g/mol. The predicted molar refractivity (Wildman–Crippen MR) is 127 cm³/mol. The molecule has 9 nitrogen and oxygen atoms in total. The number of anilines is 1. The first-order valence-corrected chi connectivity index (χ1v) is 11.7. The van der Waals surface area contributed by atoms with E-state index in [2.05, 4.69) is 41.6 Å². The van der Waals surface area contributed by atoms with Gasteiger partial charge in [-0.15, -0.1) is 11.3 Å². The first-order valence-electron chi connectivity index (χ1n) is 10.9. The lowest BCUT2D eigenvalue weighted by Crippen LogP contribution is -2.46. The number of rotatable bonds is 6. The first-order chi connectivity index (χ1) is 15.5. The van der Waals surface area contributed by atoms with Crippen LogP contribution >= 0.6 is 11.3 Å². The van der Waals surface area contributed by atoms with Crippen molar-refractivity contribution >= 4 is 27.4 Å². The zero-order chi connectivity index (χ0) is 22.2. The van der Waals surface area contributed by atoms with Crippen LogP contribution in [0.4, 0.5) is 5.82 Å². The average molecular weight is 453 g/mol. The van der Waals surface area contributed by atoms with Gasteiger partial charge in [-0.1, -0.05) is 0 Å². The van der Waals surface area contributed by atoms with E-state index in [0.717, 1.165) is 51.9 Å². The molecule has 0 bridgehead atoms. The van der Waals surface area contributed by atoms with Crippen molar-refractivity contribution in [2.45, 2.75) is 38.5 Å². The third kappa shape index (κ3) is 4.01. The zero-order valence-corrected chi connectivity index (χ0v) is 19.6. The predicted octanol–water partition coefficient (Wildman–Crippen LogP) is 3.33. The molecule has 4 aromatic rings. The van der Waals surface area contributed by atoms with Crippen molar-refractivity contribution in [3.05, 3.63) is 30.7 Å². The van der Waals surface area contributed by atoms with Crippen LogP contribution in [0.15, 0.2) is 30.7 Å². The molecule has 1 aliphatic rings. The number of aryl methyl sites for hydroxylation is 1. The molecule has 5 heterocycles. The number of nitrogens with one attached hydrogen (secondary N) is 2. The highest BCUT2D eigenvalue weighted by atomic mass is 32.1. The third-order valence-corrected chi connectivity index (χ3v) is 6.84. The van der Waals surface area contributed by atoms with Gasteiger partial charge in [-0.3, -0.25) is 4.68 Å². The second-order valence-corrected chi connectivity index (χ2v) is 9.49. The van der Waals surface area contributed by atoms with Crippen molar-refractivity contribution in [1.29, 1.82) is 0 Å². The molecule has 0 spiro atoms. The summed E-state index contributed by atoms with van der Waals surface area (Å²) in [4.78, 5) is 16.2. The molecule has 0 saturated carbocycles. The van der Waals surface area contributed by atoms with Crippen LogP contribution in [0.3, 0.4) is 0 Å². The highest BCUT2D eigenvalue weighted by Crippen LogP contribution is 2.36. The Morgan fingerprint density at radius 3 is 2.84 bits per heavy atom. The summed E-state index contributed by atoms with van der Waals surface area (Å²) >= 11 is 1.63. The molecule has 2 N–H and O–H groups in total. The van der Waals surface area contributed by atoms with Gasteiger partial charge < -0.3 is 19.9 Å². The Balaban J connectivity index is 1.57. The number of hydrogen-bond donors (Lipinski definition) is 2. The van der Waals surface area contributed by atoms with Gasteiger partial charge in [0.2, 0.25) is 0 Å². The molecule has 1 fully saturated rings. The van der Waals surface area contributed by atoms with E-state index in [1.807, 2.05) is 28.7 Å². The Labute approximate surface area is 190 Å². The molecule has 4 aromatic heterocycles. The standard InChI is InChI=1S/C22H28N8OS/c1-13(2)30-7-5-17(28-30)18-10-16-19(25-14-9-15(31-4)12-23-11-14)26-20(27-22(16)32-18)21-24-6-8-29(21)3/h5-8,10,13-15,23H,9,11-12H2,1-4H3,(H,25,26,27)/t14-,15+/m0/s1. The lowest BCUT2D eigenvalue weighted by molar-refractivity contribution is 0.0770. The molecule has 10 heteroatoms. The van der Waals surface area contributed by atoms with Crippen LogP contribution in [0.25, 0.3) is 32.4 Å². The number of ether oxygens (including phenoxy) is 1. The Morgan fingerprint density at radius 2 is 2.12 bits per heavy atom. The van der Waals surface area contributed by atoms with Gasteiger partial charge in [-0.25, -0.2) is 15.0 Å². The Morgan fingerprint density at radius 1 is 1.25 bits per heavy atom. The number of imidazole rings is 1. The highest BCUT2D eigenvalue weighted by molar-refractivity contribution is 7.21. The van der Waals surface area contributed by atoms with Gasteiger partial charge in [0, 0.05) is 57.9 Å². The van der Waals surface area contributed by atoms with E-state index in [0.29, 0.717) is 11.9 Å². The Kier molecular flexibility index (Phi) is 5.66. The first kappa shape index (κ1) is 21.0. The third-order valence-electron chi connectivity index (χ3n) is 5.79. The average Bonchev–Trinajstić information content (AvgIpc) is 3.52. The minimum atomic E-state index is 0.186. The SMILES string of the molecule is CO[C@H]1CNC[C@@H](Nc2nc(-c3nccn3C)nc3sc(-c4ccn(C(C)C)n4)cc23)C1. The van der Waals surface area contributed by atoms with Gasteiger partial charge in [0.1, 0.15) is 16.3 Å². The number of thiophene rings is 1. The van der Waals surface area contributed by atoms with Crippen LogP contribution in [0.5, 0.6) is 0 Å². The maximum atomic E-state index is 5.57. The Bertz CT molecular complexity index is 1230. The van der Waals surface area contributed by atoms with Crippen molar-refractivity contribution < 1.29 is 4.74 Å². The van der Waals surface area contributed by atoms with Crippen LogP contribution in [-0.4, -0.2) is 61.6 Å². The van der Waals surface area contributed by atoms with E-state index >= 15 is 0 Å². The van der Waals surface area contributed by atoms with E-state index in [1.165, 1.54) is 0 Å². The molecule has 32 heavy (non-hydrogen) atoms. The number of nitrogens with zero attached hydrogens (tertiary/aromatic N) is 6. The molecule has 0 aromatic carbocycles. The lowest BCUT2D eigenvalue weighted by atomic mass is 10.0. The summed E-state index contributed by atoms with van der Waals surface area (Å²) in [5.41, 5.74) is 0.949. The number of hydrogen-bond acceptors (Lipinski definition) is 8. The summed E-state index contributed by atoms with van der Waals surface area (Å²) in [7, 11) is 3.72. The summed E-state index contributed by atoms with van der Waals surface area (Å²) in [5, 5.41) is 12.8. The summed E-state index contributed by atoms with van der Waals surface area (Å²) in [5.74, 6) is 2.17. The van der Waals surface area contributed by atoms with Gasteiger partial charge in [-0.05, 0) is 32.4 Å². The van der Waals surface area contributed by atoms with E-state index in [-0.39, 0.29) is 12.1 Å². The molecule has 0 aliphatic carbocycles. The van der Waals surface area contributed by atoms with Gasteiger partial charge in [0.05, 0.1) is 16.4 Å². The number of piperidine rings is 1. The van der Waals surface area contributed by atoms with Crippen LogP contribution < -0.4 is 10.6 Å². The zero-order valence-electron chi connectivity index (χ0n) is 18.7. The second kappa shape index (κ2) is 8.61. The van der Waals surface area contributed by atoms with Gasteiger partial charge in [0.15, 0.2) is 11.6 Å². The fourth-order valence-corrected chi connectivity index (χ4v) is 4.98. The molecule has 1 saturated heterocycles. The minimum absolute atomic E-state index is 0.186. The molecular formula is C22H28N8OS. The Hall–Kier alpha value is -2.82. The normalized spacial score (nSPS) is 19.2.